The minimum atomic E-state index is -0.0505. The molecule has 0 bridgehead atoms. The van der Waals surface area contributed by atoms with E-state index in [2.05, 4.69) is 51.4 Å². The summed E-state index contributed by atoms with van der Waals surface area (Å²) >= 11 is 0. The number of aryl methyl sites for hydroxylation is 1. The standard InChI is InChI=1S/C22H24N4O/c1-2-16-8-10-18(11-9-16)23-22-24-20-12-13-26(15-19(20)21(27)25-22)14-17-6-4-3-5-7-17/h3-11H,2,12-15H2,1H3,(H2,23,24,25,27). The topological polar surface area (TPSA) is 61.0 Å². The molecule has 0 spiro atoms. The van der Waals surface area contributed by atoms with Crippen LogP contribution in [0.15, 0.2) is 59.4 Å². The van der Waals surface area contributed by atoms with Gasteiger partial charge in [-0.25, -0.2) is 4.98 Å². The van der Waals surface area contributed by atoms with E-state index in [1.54, 1.807) is 0 Å². The van der Waals surface area contributed by atoms with Crippen molar-refractivity contribution in [2.45, 2.75) is 32.9 Å². The Balaban J connectivity index is 1.49. The van der Waals surface area contributed by atoms with E-state index in [9.17, 15) is 4.79 Å². The number of hydrogen-bond donors (Lipinski definition) is 2. The SMILES string of the molecule is CCc1ccc(Nc2nc3c(c(=O)[nH]2)CN(Cc2ccccc2)CC3)cc1. The fourth-order valence-electron chi connectivity index (χ4n) is 3.48. The second-order valence-corrected chi connectivity index (χ2v) is 6.96. The van der Waals surface area contributed by atoms with Gasteiger partial charge in [-0.2, -0.15) is 0 Å². The highest BCUT2D eigenvalue weighted by Gasteiger charge is 2.21. The van der Waals surface area contributed by atoms with Crippen LogP contribution in [0.3, 0.4) is 0 Å². The fourth-order valence-corrected chi connectivity index (χ4v) is 3.48. The maximum Gasteiger partial charge on any atom is 0.257 e. The van der Waals surface area contributed by atoms with E-state index in [0.717, 1.165) is 42.9 Å². The summed E-state index contributed by atoms with van der Waals surface area (Å²) < 4.78 is 0. The highest BCUT2D eigenvalue weighted by molar-refractivity contribution is 5.54. The van der Waals surface area contributed by atoms with Crippen LogP contribution in [-0.4, -0.2) is 21.4 Å². The van der Waals surface area contributed by atoms with Crippen molar-refractivity contribution in [3.05, 3.63) is 87.3 Å². The molecular weight excluding hydrogens is 336 g/mol. The van der Waals surface area contributed by atoms with Gasteiger partial charge >= 0.3 is 0 Å². The van der Waals surface area contributed by atoms with Crippen molar-refractivity contribution in [2.75, 3.05) is 11.9 Å². The number of anilines is 2. The molecule has 138 valence electrons. The number of hydrogen-bond acceptors (Lipinski definition) is 4. The molecule has 0 saturated heterocycles. The first kappa shape index (κ1) is 17.5. The first-order valence-corrected chi connectivity index (χ1v) is 9.45. The third kappa shape index (κ3) is 4.09. The van der Waals surface area contributed by atoms with Crippen molar-refractivity contribution in [3.63, 3.8) is 0 Å². The van der Waals surface area contributed by atoms with Gasteiger partial charge in [-0.15, -0.1) is 0 Å². The summed E-state index contributed by atoms with van der Waals surface area (Å²) in [7, 11) is 0. The average molecular weight is 360 g/mol. The van der Waals surface area contributed by atoms with Crippen LogP contribution in [0.1, 0.15) is 29.3 Å². The number of fused-ring (bicyclic) bond motifs is 1. The van der Waals surface area contributed by atoms with Gasteiger partial charge in [0.25, 0.3) is 5.56 Å². The molecule has 0 aliphatic carbocycles. The quantitative estimate of drug-likeness (QED) is 0.729. The lowest BCUT2D eigenvalue weighted by Gasteiger charge is -2.27. The lowest BCUT2D eigenvalue weighted by Crippen LogP contribution is -2.35. The monoisotopic (exact) mass is 360 g/mol. The van der Waals surface area contributed by atoms with Gasteiger partial charge in [0.05, 0.1) is 11.3 Å². The molecule has 0 saturated carbocycles. The minimum absolute atomic E-state index is 0.0505. The van der Waals surface area contributed by atoms with Crippen molar-refractivity contribution >= 4 is 11.6 Å². The molecule has 1 aliphatic rings. The van der Waals surface area contributed by atoms with Gasteiger partial charge in [-0.1, -0.05) is 49.4 Å². The second kappa shape index (κ2) is 7.76. The van der Waals surface area contributed by atoms with Crippen molar-refractivity contribution in [1.29, 1.82) is 0 Å². The average Bonchev–Trinajstić information content (AvgIpc) is 2.70. The number of aromatic nitrogens is 2. The van der Waals surface area contributed by atoms with Crippen molar-refractivity contribution in [2.24, 2.45) is 0 Å². The van der Waals surface area contributed by atoms with Crippen LogP contribution in [0.25, 0.3) is 0 Å². The van der Waals surface area contributed by atoms with E-state index in [4.69, 9.17) is 0 Å². The normalized spacial score (nSPS) is 14.0. The van der Waals surface area contributed by atoms with Crippen LogP contribution in [0.2, 0.25) is 0 Å². The third-order valence-electron chi connectivity index (χ3n) is 5.02. The smallest absolute Gasteiger partial charge is 0.257 e. The zero-order valence-electron chi connectivity index (χ0n) is 15.5. The molecule has 0 amide bonds. The highest BCUT2D eigenvalue weighted by atomic mass is 16.1. The summed E-state index contributed by atoms with van der Waals surface area (Å²) in [5.74, 6) is 0.513. The first-order valence-electron chi connectivity index (χ1n) is 9.45. The van der Waals surface area contributed by atoms with Crippen molar-refractivity contribution < 1.29 is 0 Å². The van der Waals surface area contributed by atoms with Gasteiger partial charge in [0, 0.05) is 31.7 Å². The molecule has 1 aromatic heterocycles. The summed E-state index contributed by atoms with van der Waals surface area (Å²) in [6.07, 6.45) is 1.79. The molecule has 3 aromatic rings. The summed E-state index contributed by atoms with van der Waals surface area (Å²) in [5, 5.41) is 3.22. The summed E-state index contributed by atoms with van der Waals surface area (Å²) in [6, 6.07) is 18.6. The molecule has 27 heavy (non-hydrogen) atoms. The molecule has 0 radical (unpaired) electrons. The summed E-state index contributed by atoms with van der Waals surface area (Å²) in [5.41, 5.74) is 5.10. The zero-order valence-corrected chi connectivity index (χ0v) is 15.5. The number of nitrogens with zero attached hydrogens (tertiary/aromatic N) is 2. The molecule has 2 heterocycles. The predicted octanol–water partition coefficient (Wildman–Crippen LogP) is 3.63. The Hall–Kier alpha value is -2.92. The third-order valence-corrected chi connectivity index (χ3v) is 5.02. The largest absolute Gasteiger partial charge is 0.326 e. The lowest BCUT2D eigenvalue weighted by atomic mass is 10.1. The van der Waals surface area contributed by atoms with Gasteiger partial charge in [0.15, 0.2) is 0 Å². The van der Waals surface area contributed by atoms with Crippen LogP contribution < -0.4 is 10.9 Å². The predicted molar refractivity (Wildman–Crippen MR) is 108 cm³/mol. The molecule has 1 aliphatic heterocycles. The highest BCUT2D eigenvalue weighted by Crippen LogP contribution is 2.19. The van der Waals surface area contributed by atoms with E-state index in [0.29, 0.717) is 12.5 Å². The van der Waals surface area contributed by atoms with Gasteiger partial charge < -0.3 is 5.32 Å². The Labute approximate surface area is 159 Å². The van der Waals surface area contributed by atoms with Crippen LogP contribution in [-0.2, 0) is 25.9 Å². The van der Waals surface area contributed by atoms with Gasteiger partial charge in [-0.3, -0.25) is 14.7 Å². The summed E-state index contributed by atoms with van der Waals surface area (Å²) in [6.45, 7) is 4.52. The van der Waals surface area contributed by atoms with Crippen LogP contribution in [0, 0.1) is 0 Å². The van der Waals surface area contributed by atoms with Crippen molar-refractivity contribution in [3.8, 4) is 0 Å². The maximum atomic E-state index is 12.6. The van der Waals surface area contributed by atoms with E-state index >= 15 is 0 Å². The second-order valence-electron chi connectivity index (χ2n) is 6.96. The van der Waals surface area contributed by atoms with Gasteiger partial charge in [-0.05, 0) is 29.7 Å². The number of H-pyrrole nitrogens is 1. The Morgan fingerprint density at radius 1 is 1.07 bits per heavy atom. The minimum Gasteiger partial charge on any atom is -0.326 e. The Kier molecular flexibility index (Phi) is 5.03. The van der Waals surface area contributed by atoms with E-state index in [-0.39, 0.29) is 5.56 Å². The molecule has 0 fully saturated rings. The molecule has 0 atom stereocenters. The van der Waals surface area contributed by atoms with Crippen LogP contribution in [0.4, 0.5) is 11.6 Å². The fraction of sp³-hybridized carbons (Fsp3) is 0.273. The number of nitrogens with one attached hydrogen (secondary N) is 2. The van der Waals surface area contributed by atoms with Crippen LogP contribution in [0.5, 0.6) is 0 Å². The molecular formula is C22H24N4O. The van der Waals surface area contributed by atoms with Crippen molar-refractivity contribution in [1.82, 2.24) is 14.9 Å². The lowest BCUT2D eigenvalue weighted by molar-refractivity contribution is 0.242. The van der Waals surface area contributed by atoms with Gasteiger partial charge in [0.1, 0.15) is 0 Å². The van der Waals surface area contributed by atoms with Crippen LogP contribution >= 0.6 is 0 Å². The van der Waals surface area contributed by atoms with Gasteiger partial charge in [0.2, 0.25) is 5.95 Å². The van der Waals surface area contributed by atoms with E-state index < -0.39 is 0 Å². The molecule has 5 heteroatoms. The Morgan fingerprint density at radius 3 is 2.59 bits per heavy atom. The number of benzene rings is 2. The molecule has 2 aromatic carbocycles. The zero-order chi connectivity index (χ0) is 18.6. The molecule has 0 unspecified atom stereocenters. The summed E-state index contributed by atoms with van der Waals surface area (Å²) in [4.78, 5) is 22.5. The number of aromatic amines is 1. The molecule has 4 rings (SSSR count). The molecule has 2 N–H and O–H groups in total. The first-order chi connectivity index (χ1) is 13.2. The maximum absolute atomic E-state index is 12.6. The Bertz CT molecular complexity index is 964. The number of rotatable bonds is 5. The Morgan fingerprint density at radius 2 is 1.85 bits per heavy atom. The molecule has 5 nitrogen and oxygen atoms in total. The van der Waals surface area contributed by atoms with E-state index in [1.807, 2.05) is 30.3 Å². The van der Waals surface area contributed by atoms with E-state index in [1.165, 1.54) is 11.1 Å².